The van der Waals surface area contributed by atoms with Gasteiger partial charge in [0.2, 0.25) is 0 Å². The second-order valence-corrected chi connectivity index (χ2v) is 17.4. The molecule has 0 aliphatic carbocycles. The number of fused-ring (bicyclic) bond motifs is 6. The Morgan fingerprint density at radius 2 is 0.617 bits per heavy atom. The van der Waals surface area contributed by atoms with E-state index in [1.54, 1.807) is 24.2 Å². The van der Waals surface area contributed by atoms with Crippen LogP contribution in [0.25, 0.3) is 43.1 Å². The molecule has 60 heavy (non-hydrogen) atoms. The summed E-state index contributed by atoms with van der Waals surface area (Å²) in [5.41, 5.74) is 5.35. The molecule has 0 bridgehead atoms. The summed E-state index contributed by atoms with van der Waals surface area (Å²) >= 11 is 3.01. The molecule has 0 aliphatic heterocycles. The largest absolute Gasteiger partial charge is 0.126 e. The molecule has 10 rings (SSSR count). The molecule has 0 saturated carbocycles. The fourth-order valence-electron chi connectivity index (χ4n) is 6.12. The fourth-order valence-corrected chi connectivity index (χ4v) is 6.94. The van der Waals surface area contributed by atoms with E-state index in [9.17, 15) is 0 Å². The molecule has 0 aliphatic rings. The molecule has 0 N–H and O–H groups in total. The van der Waals surface area contributed by atoms with Crippen molar-refractivity contribution in [3.63, 3.8) is 0 Å². The zero-order valence-electron chi connectivity index (χ0n) is 34.4. The van der Waals surface area contributed by atoms with Crippen LogP contribution in [0.4, 0.5) is 18.8 Å². The minimum absolute atomic E-state index is 0. The summed E-state index contributed by atoms with van der Waals surface area (Å²) in [5.74, 6) is 0. The number of hydrogen-bond acceptors (Lipinski definition) is 0. The Hall–Kier alpha value is -5.01. The van der Waals surface area contributed by atoms with E-state index < -0.39 is 0 Å². The first kappa shape index (κ1) is 53.0. The Balaban J connectivity index is 0.000000372. The zero-order valence-corrected chi connectivity index (χ0v) is 39.3. The monoisotopic (exact) mass is 956 g/mol. The van der Waals surface area contributed by atoms with Crippen LogP contribution < -0.4 is 0 Å². The van der Waals surface area contributed by atoms with Crippen molar-refractivity contribution in [2.45, 2.75) is 27.7 Å². The molecule has 0 aromatic heterocycles. The van der Waals surface area contributed by atoms with Crippen LogP contribution in [0.1, 0.15) is 36.1 Å². The van der Waals surface area contributed by atoms with Crippen LogP contribution in [-0.4, -0.2) is 6.41 Å². The van der Waals surface area contributed by atoms with E-state index in [0.29, 0.717) is 0 Å². The predicted octanol–water partition coefficient (Wildman–Crippen LogP) is 15.0. The average molecular weight is 959 g/mol. The molecule has 10 aromatic carbocycles. The van der Waals surface area contributed by atoms with E-state index >= 15 is 0 Å². The van der Waals surface area contributed by atoms with E-state index in [0.717, 1.165) is 0 Å². The van der Waals surface area contributed by atoms with E-state index in [1.807, 2.05) is 24.3 Å². The van der Waals surface area contributed by atoms with Gasteiger partial charge in [0.05, 0.1) is 0 Å². The van der Waals surface area contributed by atoms with Crippen molar-refractivity contribution in [3.05, 3.63) is 241 Å². The number of rotatable bonds is 2. The maximum absolute atomic E-state index is 2.24. The minimum atomic E-state index is 0. The Morgan fingerprint density at radius 1 is 0.367 bits per heavy atom. The molecule has 0 atom stereocenters. The maximum atomic E-state index is 2.24. The van der Waals surface area contributed by atoms with Crippen molar-refractivity contribution in [1.29, 1.82) is 0 Å². The molecule has 0 saturated heterocycles. The Bertz CT molecular complexity index is 2370. The molecule has 6 heteroatoms. The van der Waals surface area contributed by atoms with Crippen LogP contribution in [0.2, 0.25) is 0 Å². The number of hydrogen-bond donors (Lipinski definition) is 0. The third kappa shape index (κ3) is 16.6. The van der Waals surface area contributed by atoms with Crippen molar-refractivity contribution in [1.82, 2.24) is 0 Å². The number of halogens is 4. The molecule has 0 radical (unpaired) electrons. The minimum Gasteiger partial charge on any atom is -0.126 e. The SMILES string of the molecule is C[C](C)=[Zr+2].Cc1cc[cH-]c1.Cc1cc[cH-]c1.F.F.F.F.[Zr+2]=[C](c1ccccc1)c1ccccc1.c1ccc2c(c1)[cH-]c1ccccc12.c1ccc2c(c1)[cH-]c1ccccc12. The molecule has 0 fully saturated rings. The predicted molar refractivity (Wildman–Crippen MR) is 250 cm³/mol. The molecule has 0 amide bonds. The van der Waals surface area contributed by atoms with Crippen molar-refractivity contribution in [2.24, 2.45) is 0 Å². The Kier molecular flexibility index (Phi) is 25.1. The number of benzene rings is 6. The molecular formula is C54H52F4Zr2. The van der Waals surface area contributed by atoms with Gasteiger partial charge in [-0.2, -0.15) is 36.4 Å². The molecule has 0 spiro atoms. The summed E-state index contributed by atoms with van der Waals surface area (Å²) in [7, 11) is 0. The van der Waals surface area contributed by atoms with Crippen LogP contribution in [0, 0.1) is 13.8 Å². The van der Waals surface area contributed by atoms with Gasteiger partial charge in [-0.15, -0.1) is 79.5 Å². The zero-order chi connectivity index (χ0) is 39.5. The molecular weight excluding hydrogens is 907 g/mol. The molecule has 0 nitrogen and oxygen atoms in total. The summed E-state index contributed by atoms with van der Waals surface area (Å²) in [6.07, 6.45) is 0. The normalized spacial score (nSPS) is 9.33. The summed E-state index contributed by atoms with van der Waals surface area (Å²) in [6.45, 7) is 8.41. The second-order valence-electron chi connectivity index (χ2n) is 13.7. The first-order chi connectivity index (χ1) is 27.3. The summed E-state index contributed by atoms with van der Waals surface area (Å²) in [6, 6.07) is 76.1. The molecule has 304 valence electrons. The van der Waals surface area contributed by atoms with Gasteiger partial charge in [0.25, 0.3) is 0 Å². The summed E-state index contributed by atoms with van der Waals surface area (Å²) in [5, 5.41) is 10.8. The van der Waals surface area contributed by atoms with Gasteiger partial charge in [0, 0.05) is 0 Å². The first-order valence-corrected chi connectivity index (χ1v) is 21.4. The fraction of sp³-hybridized carbons (Fsp3) is 0.0741. The quantitative estimate of drug-likeness (QED) is 0.120. The van der Waals surface area contributed by atoms with Gasteiger partial charge < -0.3 is 0 Å². The topological polar surface area (TPSA) is 0 Å². The average Bonchev–Trinajstić information content (AvgIpc) is 4.06. The maximum Gasteiger partial charge on any atom is -0.0771 e. The van der Waals surface area contributed by atoms with Gasteiger partial charge in [-0.05, 0) is 0 Å². The van der Waals surface area contributed by atoms with E-state index in [-0.39, 0.29) is 18.8 Å². The van der Waals surface area contributed by atoms with Crippen LogP contribution in [0.5, 0.6) is 0 Å². The van der Waals surface area contributed by atoms with Crippen LogP contribution in [-0.2, 0) is 48.5 Å². The van der Waals surface area contributed by atoms with Gasteiger partial charge in [-0.1, -0.05) is 86.6 Å². The van der Waals surface area contributed by atoms with Crippen molar-refractivity contribution >= 4 is 49.5 Å². The van der Waals surface area contributed by atoms with Gasteiger partial charge in [-0.3, -0.25) is 18.8 Å². The Morgan fingerprint density at radius 3 is 0.833 bits per heavy atom. The van der Waals surface area contributed by atoms with Gasteiger partial charge in [-0.25, -0.2) is 23.3 Å². The first-order valence-electron chi connectivity index (χ1n) is 18.9. The van der Waals surface area contributed by atoms with Crippen LogP contribution in [0.15, 0.2) is 218 Å². The second kappa shape index (κ2) is 28.5. The van der Waals surface area contributed by atoms with Gasteiger partial charge in [0.15, 0.2) is 0 Å². The van der Waals surface area contributed by atoms with Gasteiger partial charge in [0.1, 0.15) is 0 Å². The summed E-state index contributed by atoms with van der Waals surface area (Å²) < 4.78 is 2.92. The third-order valence-electron chi connectivity index (χ3n) is 8.83. The molecule has 10 aromatic rings. The van der Waals surface area contributed by atoms with E-state index in [1.165, 1.54) is 96.0 Å². The van der Waals surface area contributed by atoms with E-state index in [4.69, 9.17) is 0 Å². The van der Waals surface area contributed by atoms with Crippen molar-refractivity contribution < 1.29 is 67.3 Å². The van der Waals surface area contributed by atoms with Crippen molar-refractivity contribution in [2.75, 3.05) is 0 Å². The molecule has 0 unspecified atom stereocenters. The number of aryl methyl sites for hydroxylation is 2. The summed E-state index contributed by atoms with van der Waals surface area (Å²) in [4.78, 5) is 0. The van der Waals surface area contributed by atoms with Crippen LogP contribution in [0.3, 0.4) is 0 Å². The molecule has 0 heterocycles. The Labute approximate surface area is 382 Å². The third-order valence-corrected chi connectivity index (χ3v) is 10.2. The standard InChI is InChI=1S/2C13H9.C13H10.2C6H7.C3H6.4FH.2Zr/c2*1-3-7-12-10(5-1)9-11-6-2-4-8-13(11)12;1-3-7-12(8-4-1)11-13-9-5-2-6-10-13;2*1-6-4-2-3-5-6;1-3-2;;;;;;/h2*1-9H;1-10H;2*2-5H,1H3;1-2H3;4*1H;;/q2*-1;;2*-1;;;;;;2*+2. The smallest absolute Gasteiger partial charge is 0.0771 e. The van der Waals surface area contributed by atoms with Crippen molar-refractivity contribution in [3.8, 4) is 0 Å². The van der Waals surface area contributed by atoms with Crippen LogP contribution >= 0.6 is 0 Å². The van der Waals surface area contributed by atoms with E-state index in [2.05, 4.69) is 222 Å². The van der Waals surface area contributed by atoms with Gasteiger partial charge >= 0.3 is 141 Å².